The van der Waals surface area contributed by atoms with Gasteiger partial charge in [0.15, 0.2) is 5.60 Å². The van der Waals surface area contributed by atoms with Gasteiger partial charge >= 0.3 is 17.9 Å². The van der Waals surface area contributed by atoms with Crippen molar-refractivity contribution in [3.8, 4) is 5.75 Å². The number of allylic oxidation sites excluding steroid dienone is 1. The van der Waals surface area contributed by atoms with Gasteiger partial charge < -0.3 is 30.1 Å². The lowest BCUT2D eigenvalue weighted by atomic mass is 9.80. The molecule has 216 valence electrons. The molecule has 0 aromatic heterocycles. The van der Waals surface area contributed by atoms with E-state index in [4.69, 9.17) is 4.74 Å². The summed E-state index contributed by atoms with van der Waals surface area (Å²) in [6.07, 6.45) is -1.95. The Morgan fingerprint density at radius 2 is 1.32 bits per heavy atom. The van der Waals surface area contributed by atoms with E-state index in [1.807, 2.05) is 60.7 Å². The third-order valence-electron chi connectivity index (χ3n) is 6.76. The first-order valence-electron chi connectivity index (χ1n) is 13.1. The van der Waals surface area contributed by atoms with Crippen LogP contribution in [0.1, 0.15) is 36.5 Å². The second-order valence-corrected chi connectivity index (χ2v) is 10.00. The molecule has 9 nitrogen and oxygen atoms in total. The lowest BCUT2D eigenvalue weighted by Gasteiger charge is -2.35. The summed E-state index contributed by atoms with van der Waals surface area (Å²) in [4.78, 5) is 37.2. The van der Waals surface area contributed by atoms with Gasteiger partial charge in [-0.1, -0.05) is 79.7 Å². The minimum absolute atomic E-state index is 0.100. The maximum atomic E-state index is 12.3. The van der Waals surface area contributed by atoms with Crippen molar-refractivity contribution in [2.24, 2.45) is 5.92 Å². The first kappa shape index (κ1) is 31.1. The highest BCUT2D eigenvalue weighted by Crippen LogP contribution is 2.36. The average molecular weight is 562 g/mol. The summed E-state index contributed by atoms with van der Waals surface area (Å²) >= 11 is 0. The van der Waals surface area contributed by atoms with Crippen LogP contribution < -0.4 is 4.74 Å². The Morgan fingerprint density at radius 3 is 1.76 bits per heavy atom. The number of aliphatic hydroxyl groups is 1. The summed E-state index contributed by atoms with van der Waals surface area (Å²) in [7, 11) is 3.25. The van der Waals surface area contributed by atoms with Gasteiger partial charge in [0.05, 0.1) is 6.42 Å². The number of benzene rings is 3. The van der Waals surface area contributed by atoms with E-state index in [2.05, 4.69) is 19.1 Å². The number of carboxylic acids is 3. The van der Waals surface area contributed by atoms with E-state index in [0.717, 1.165) is 34.3 Å². The van der Waals surface area contributed by atoms with Crippen molar-refractivity contribution in [2.75, 3.05) is 20.6 Å². The van der Waals surface area contributed by atoms with Gasteiger partial charge in [-0.3, -0.25) is 9.59 Å². The highest BCUT2D eigenvalue weighted by atomic mass is 16.5. The Bertz CT molecular complexity index is 1370. The fourth-order valence-electron chi connectivity index (χ4n) is 4.95. The maximum absolute atomic E-state index is 12.3. The van der Waals surface area contributed by atoms with Gasteiger partial charge in [0.2, 0.25) is 0 Å². The van der Waals surface area contributed by atoms with Crippen LogP contribution in [0.3, 0.4) is 0 Å². The fraction of sp³-hybridized carbons (Fsp3) is 0.281. The molecule has 3 aromatic rings. The van der Waals surface area contributed by atoms with Gasteiger partial charge in [0.1, 0.15) is 17.8 Å². The zero-order valence-electron chi connectivity index (χ0n) is 23.2. The average Bonchev–Trinajstić information content (AvgIpc) is 2.92. The Kier molecular flexibility index (Phi) is 10.4. The van der Waals surface area contributed by atoms with Gasteiger partial charge in [-0.2, -0.15) is 0 Å². The van der Waals surface area contributed by atoms with E-state index in [1.165, 1.54) is 0 Å². The Labute approximate surface area is 239 Å². The quantitative estimate of drug-likeness (QED) is 0.211. The predicted octanol–water partition coefficient (Wildman–Crippen LogP) is 4.36. The lowest BCUT2D eigenvalue weighted by molar-refractivity contribution is -0.185. The third-order valence-corrected chi connectivity index (χ3v) is 6.76. The summed E-state index contributed by atoms with van der Waals surface area (Å²) in [5.41, 5.74) is 2.01. The van der Waals surface area contributed by atoms with Crippen LogP contribution in [0.4, 0.5) is 0 Å². The van der Waals surface area contributed by atoms with Gasteiger partial charge in [0, 0.05) is 6.54 Å². The van der Waals surface area contributed by atoms with E-state index in [0.29, 0.717) is 0 Å². The number of likely N-dealkylation sites (N-methyl/N-ethyl adjacent to an activating group) is 1. The fourth-order valence-corrected chi connectivity index (χ4v) is 4.95. The highest BCUT2D eigenvalue weighted by Gasteiger charge is 2.54. The standard InChI is InChI=1S/C32H35NO8/c1-4-25(21-11-7-5-8-12-21)28(22-13-9-6-10-14-22)23-15-17-24(18-16-23)41-26(20-33(2)3)29(30(36)37)32(40,31(38)39)19-27(34)35/h5-18,26,29,40H,4,19-20H2,1-3H3,(H,34,35)(H,36,37)(H,38,39)/b28-25-. The summed E-state index contributed by atoms with van der Waals surface area (Å²) in [5.74, 6) is -7.15. The molecule has 3 rings (SSSR count). The number of carboxylic acid groups (broad SMARTS) is 3. The van der Waals surface area contributed by atoms with Crippen LogP contribution in [0.25, 0.3) is 11.1 Å². The molecule has 9 heteroatoms. The number of rotatable bonds is 14. The first-order valence-corrected chi connectivity index (χ1v) is 13.1. The Hall–Kier alpha value is -4.47. The molecule has 0 spiro atoms. The Balaban J connectivity index is 2.07. The molecular formula is C32H35NO8. The maximum Gasteiger partial charge on any atom is 0.337 e. The normalized spacial score (nSPS) is 14.9. The Morgan fingerprint density at radius 1 is 0.805 bits per heavy atom. The predicted molar refractivity (Wildman–Crippen MR) is 154 cm³/mol. The van der Waals surface area contributed by atoms with Crippen molar-refractivity contribution in [1.29, 1.82) is 0 Å². The van der Waals surface area contributed by atoms with E-state index >= 15 is 0 Å². The molecule has 0 aliphatic rings. The van der Waals surface area contributed by atoms with Crippen LogP contribution in [0.15, 0.2) is 84.9 Å². The third kappa shape index (κ3) is 7.59. The summed E-state index contributed by atoms with van der Waals surface area (Å²) in [5, 5.41) is 39.7. The summed E-state index contributed by atoms with van der Waals surface area (Å²) in [6.45, 7) is 1.98. The molecule has 0 fully saturated rings. The number of carbonyl (C=O) groups is 3. The largest absolute Gasteiger partial charge is 0.488 e. The van der Waals surface area contributed by atoms with Crippen molar-refractivity contribution in [2.45, 2.75) is 31.5 Å². The number of ether oxygens (including phenoxy) is 1. The smallest absolute Gasteiger partial charge is 0.337 e. The molecule has 0 saturated heterocycles. The zero-order valence-corrected chi connectivity index (χ0v) is 23.2. The molecule has 4 N–H and O–H groups in total. The van der Waals surface area contributed by atoms with Crippen molar-refractivity contribution in [1.82, 2.24) is 4.90 Å². The molecule has 0 amide bonds. The second-order valence-electron chi connectivity index (χ2n) is 10.00. The zero-order chi connectivity index (χ0) is 30.2. The number of hydrogen-bond donors (Lipinski definition) is 4. The molecule has 0 aliphatic carbocycles. The minimum Gasteiger partial charge on any atom is -0.488 e. The monoisotopic (exact) mass is 561 g/mol. The molecule has 0 radical (unpaired) electrons. The molecule has 0 heterocycles. The van der Waals surface area contributed by atoms with E-state index in [1.54, 1.807) is 31.1 Å². The molecule has 41 heavy (non-hydrogen) atoms. The molecular weight excluding hydrogens is 526 g/mol. The SMILES string of the molecule is CC/C(=C(\c1ccccc1)c1ccc(OC(CN(C)C)C(C(=O)O)C(O)(CC(=O)O)C(=O)O)cc1)c1ccccc1. The molecule has 0 saturated carbocycles. The first-order chi connectivity index (χ1) is 19.5. The van der Waals surface area contributed by atoms with Crippen molar-refractivity contribution in [3.05, 3.63) is 102 Å². The van der Waals surface area contributed by atoms with Gasteiger partial charge in [-0.25, -0.2) is 4.79 Å². The van der Waals surface area contributed by atoms with Crippen LogP contribution in [0.2, 0.25) is 0 Å². The van der Waals surface area contributed by atoms with E-state index in [-0.39, 0.29) is 12.3 Å². The van der Waals surface area contributed by atoms with Crippen molar-refractivity contribution >= 4 is 29.1 Å². The van der Waals surface area contributed by atoms with Crippen LogP contribution >= 0.6 is 0 Å². The molecule has 0 aliphatic heterocycles. The van der Waals surface area contributed by atoms with Crippen molar-refractivity contribution in [3.63, 3.8) is 0 Å². The lowest BCUT2D eigenvalue weighted by Crippen LogP contribution is -2.58. The molecule has 3 atom stereocenters. The molecule has 3 aromatic carbocycles. The van der Waals surface area contributed by atoms with Crippen LogP contribution in [-0.4, -0.2) is 75.6 Å². The summed E-state index contributed by atoms with van der Waals surface area (Å²) < 4.78 is 5.98. The minimum atomic E-state index is -3.10. The van der Waals surface area contributed by atoms with Gasteiger partial charge in [-0.15, -0.1) is 0 Å². The van der Waals surface area contributed by atoms with E-state index in [9.17, 15) is 34.8 Å². The van der Waals surface area contributed by atoms with Gasteiger partial charge in [0.25, 0.3) is 0 Å². The number of hydrogen-bond acceptors (Lipinski definition) is 6. The molecule has 0 bridgehead atoms. The van der Waals surface area contributed by atoms with Crippen LogP contribution in [0.5, 0.6) is 5.75 Å². The number of nitrogens with zero attached hydrogens (tertiary/aromatic N) is 1. The van der Waals surface area contributed by atoms with E-state index < -0.39 is 42.0 Å². The molecule has 3 unspecified atom stereocenters. The van der Waals surface area contributed by atoms with Crippen LogP contribution in [-0.2, 0) is 14.4 Å². The topological polar surface area (TPSA) is 145 Å². The second kappa shape index (κ2) is 13.7. The number of aliphatic carboxylic acids is 3. The van der Waals surface area contributed by atoms with Crippen molar-refractivity contribution < 1.29 is 39.5 Å². The van der Waals surface area contributed by atoms with Crippen LogP contribution in [0, 0.1) is 5.92 Å². The highest BCUT2D eigenvalue weighted by molar-refractivity contribution is 5.98. The van der Waals surface area contributed by atoms with Gasteiger partial charge in [-0.05, 0) is 60.5 Å². The summed E-state index contributed by atoms with van der Waals surface area (Å²) in [6, 6.07) is 26.9.